The molecule has 0 aliphatic rings. The van der Waals surface area contributed by atoms with Gasteiger partial charge in [-0.2, -0.15) is 4.98 Å². The number of hydrogen-bond donors (Lipinski definition) is 2. The lowest BCUT2D eigenvalue weighted by atomic mass is 10.1. The van der Waals surface area contributed by atoms with Crippen molar-refractivity contribution in [2.24, 2.45) is 0 Å². The van der Waals surface area contributed by atoms with Gasteiger partial charge in [0.1, 0.15) is 6.04 Å². The number of aryl methyl sites for hydroxylation is 1. The normalized spacial score (nSPS) is 12.6. The van der Waals surface area contributed by atoms with Gasteiger partial charge >= 0.3 is 5.97 Å². The van der Waals surface area contributed by atoms with E-state index in [0.717, 1.165) is 6.42 Å². The van der Waals surface area contributed by atoms with Crippen LogP contribution in [-0.2, 0) is 11.2 Å². The van der Waals surface area contributed by atoms with Gasteiger partial charge in [-0.3, -0.25) is 4.79 Å². The highest BCUT2D eigenvalue weighted by Gasteiger charge is 2.15. The summed E-state index contributed by atoms with van der Waals surface area (Å²) in [6.07, 6.45) is 2.04. The molecule has 16 heavy (non-hydrogen) atoms. The van der Waals surface area contributed by atoms with Crippen LogP contribution in [0.3, 0.4) is 0 Å². The Balaban J connectivity index is 2.30. The summed E-state index contributed by atoms with van der Waals surface area (Å²) in [4.78, 5) is 14.9. The van der Waals surface area contributed by atoms with Crippen molar-refractivity contribution in [1.82, 2.24) is 15.5 Å². The van der Waals surface area contributed by atoms with Crippen molar-refractivity contribution < 1.29 is 14.4 Å². The van der Waals surface area contributed by atoms with Crippen LogP contribution in [0.15, 0.2) is 4.52 Å². The molecular weight excluding hydrogens is 210 g/mol. The smallest absolute Gasteiger partial charge is 0.320 e. The Morgan fingerprint density at radius 3 is 2.88 bits per heavy atom. The van der Waals surface area contributed by atoms with E-state index in [4.69, 9.17) is 9.63 Å². The highest BCUT2D eigenvalue weighted by atomic mass is 16.5. The Hall–Kier alpha value is -1.43. The average molecular weight is 227 g/mol. The van der Waals surface area contributed by atoms with Gasteiger partial charge in [0.25, 0.3) is 0 Å². The molecule has 1 aromatic rings. The summed E-state index contributed by atoms with van der Waals surface area (Å²) in [7, 11) is 0. The fraction of sp³-hybridized carbons (Fsp3) is 0.700. The minimum Gasteiger partial charge on any atom is -0.480 e. The van der Waals surface area contributed by atoms with E-state index in [0.29, 0.717) is 31.1 Å². The molecule has 2 N–H and O–H groups in total. The van der Waals surface area contributed by atoms with Gasteiger partial charge in [-0.15, -0.1) is 0 Å². The molecular formula is C10H17N3O3. The first kappa shape index (κ1) is 12.6. The van der Waals surface area contributed by atoms with Crippen LogP contribution in [0.1, 0.15) is 31.5 Å². The summed E-state index contributed by atoms with van der Waals surface area (Å²) in [6.45, 7) is 4.22. The number of carbonyl (C=O) groups is 1. The van der Waals surface area contributed by atoms with Gasteiger partial charge in [-0.1, -0.05) is 18.5 Å². The second-order valence-corrected chi connectivity index (χ2v) is 3.61. The van der Waals surface area contributed by atoms with E-state index in [9.17, 15) is 4.79 Å². The van der Waals surface area contributed by atoms with Crippen LogP contribution in [0.4, 0.5) is 0 Å². The Labute approximate surface area is 94.0 Å². The van der Waals surface area contributed by atoms with Crippen LogP contribution < -0.4 is 5.32 Å². The fourth-order valence-corrected chi connectivity index (χ4v) is 1.40. The Morgan fingerprint density at radius 2 is 2.38 bits per heavy atom. The van der Waals surface area contributed by atoms with Crippen molar-refractivity contribution >= 4 is 5.97 Å². The van der Waals surface area contributed by atoms with Gasteiger partial charge in [0.15, 0.2) is 5.82 Å². The summed E-state index contributed by atoms with van der Waals surface area (Å²) >= 11 is 0. The maximum absolute atomic E-state index is 10.8. The molecule has 0 aromatic carbocycles. The average Bonchev–Trinajstić information content (AvgIpc) is 2.63. The molecule has 0 fully saturated rings. The van der Waals surface area contributed by atoms with E-state index < -0.39 is 12.0 Å². The second-order valence-electron chi connectivity index (χ2n) is 3.61. The number of aliphatic carboxylic acids is 1. The monoisotopic (exact) mass is 227 g/mol. The molecule has 0 saturated heterocycles. The number of hydrogen-bond acceptors (Lipinski definition) is 5. The van der Waals surface area contributed by atoms with E-state index in [-0.39, 0.29) is 0 Å². The lowest BCUT2D eigenvalue weighted by molar-refractivity contribution is -0.139. The zero-order valence-corrected chi connectivity index (χ0v) is 9.56. The van der Waals surface area contributed by atoms with E-state index >= 15 is 0 Å². The minimum atomic E-state index is -0.814. The van der Waals surface area contributed by atoms with Crippen molar-refractivity contribution in [2.45, 2.75) is 39.2 Å². The molecule has 1 unspecified atom stereocenters. The zero-order chi connectivity index (χ0) is 12.0. The van der Waals surface area contributed by atoms with E-state index in [1.807, 2.05) is 6.92 Å². The minimum absolute atomic E-state index is 0.488. The van der Waals surface area contributed by atoms with Crippen molar-refractivity contribution in [1.29, 1.82) is 0 Å². The first-order valence-electron chi connectivity index (χ1n) is 5.39. The quantitative estimate of drug-likeness (QED) is 0.715. The number of carboxylic acid groups (broad SMARTS) is 1. The summed E-state index contributed by atoms with van der Waals surface area (Å²) in [5.41, 5.74) is 0. The molecule has 0 bridgehead atoms. The maximum Gasteiger partial charge on any atom is 0.320 e. The number of rotatable bonds is 7. The molecule has 1 atom stereocenters. The molecule has 0 saturated carbocycles. The molecule has 0 radical (unpaired) electrons. The third-order valence-corrected chi connectivity index (χ3v) is 2.18. The maximum atomic E-state index is 10.8. The molecule has 0 spiro atoms. The lowest BCUT2D eigenvalue weighted by Gasteiger charge is -2.12. The molecule has 1 rings (SSSR count). The topological polar surface area (TPSA) is 88.3 Å². The third-order valence-electron chi connectivity index (χ3n) is 2.18. The van der Waals surface area contributed by atoms with Crippen molar-refractivity contribution in [3.05, 3.63) is 11.7 Å². The van der Waals surface area contributed by atoms with Crippen LogP contribution in [-0.4, -0.2) is 33.8 Å². The fourth-order valence-electron chi connectivity index (χ4n) is 1.40. The molecule has 1 heterocycles. The van der Waals surface area contributed by atoms with E-state index in [1.54, 1.807) is 6.92 Å². The third kappa shape index (κ3) is 3.98. The van der Waals surface area contributed by atoms with Gasteiger partial charge < -0.3 is 14.9 Å². The number of aromatic nitrogens is 2. The van der Waals surface area contributed by atoms with Crippen molar-refractivity contribution in [3.63, 3.8) is 0 Å². The van der Waals surface area contributed by atoms with Crippen LogP contribution >= 0.6 is 0 Å². The van der Waals surface area contributed by atoms with E-state index in [2.05, 4.69) is 15.5 Å². The Bertz CT molecular complexity index is 338. The molecule has 0 aliphatic heterocycles. The van der Waals surface area contributed by atoms with Crippen LogP contribution in [0.5, 0.6) is 0 Å². The molecule has 6 nitrogen and oxygen atoms in total. The largest absolute Gasteiger partial charge is 0.480 e. The lowest BCUT2D eigenvalue weighted by Crippen LogP contribution is -2.37. The summed E-state index contributed by atoms with van der Waals surface area (Å²) in [5, 5.41) is 15.6. The molecule has 6 heteroatoms. The van der Waals surface area contributed by atoms with Crippen molar-refractivity contribution in [3.8, 4) is 0 Å². The number of nitrogens with zero attached hydrogens (tertiary/aromatic N) is 2. The standard InChI is InChI=1S/C10H17N3O3/c1-3-4-8(10(14)15)11-6-5-9-12-7(2)16-13-9/h8,11H,3-6H2,1-2H3,(H,14,15). The number of nitrogens with one attached hydrogen (secondary N) is 1. The molecule has 90 valence electrons. The van der Waals surface area contributed by atoms with Gasteiger partial charge in [0.2, 0.25) is 5.89 Å². The van der Waals surface area contributed by atoms with E-state index in [1.165, 1.54) is 0 Å². The highest BCUT2D eigenvalue weighted by Crippen LogP contribution is 1.98. The SMILES string of the molecule is CCCC(NCCc1noc(C)n1)C(=O)O. The van der Waals surface area contributed by atoms with Crippen LogP contribution in [0.2, 0.25) is 0 Å². The highest BCUT2D eigenvalue weighted by molar-refractivity contribution is 5.73. The molecule has 1 aromatic heterocycles. The summed E-state index contributed by atoms with van der Waals surface area (Å²) in [5.74, 6) is 0.315. The Morgan fingerprint density at radius 1 is 1.62 bits per heavy atom. The van der Waals surface area contributed by atoms with Gasteiger partial charge in [0, 0.05) is 19.9 Å². The first-order valence-corrected chi connectivity index (χ1v) is 5.39. The summed E-state index contributed by atoms with van der Waals surface area (Å²) in [6, 6.07) is -0.488. The van der Waals surface area contributed by atoms with Gasteiger partial charge in [0.05, 0.1) is 0 Å². The molecule has 0 aliphatic carbocycles. The Kier molecular flexibility index (Phi) is 4.91. The first-order chi connectivity index (χ1) is 7.63. The summed E-state index contributed by atoms with van der Waals surface area (Å²) < 4.78 is 4.81. The predicted octanol–water partition coefficient (Wildman–Crippen LogP) is 0.763. The van der Waals surface area contributed by atoms with Gasteiger partial charge in [-0.25, -0.2) is 0 Å². The van der Waals surface area contributed by atoms with Crippen LogP contribution in [0.25, 0.3) is 0 Å². The predicted molar refractivity (Wildman–Crippen MR) is 57.1 cm³/mol. The molecule has 0 amide bonds. The van der Waals surface area contributed by atoms with Crippen molar-refractivity contribution in [2.75, 3.05) is 6.54 Å². The second kappa shape index (κ2) is 6.22. The zero-order valence-electron chi connectivity index (χ0n) is 9.56. The number of carboxylic acids is 1. The van der Waals surface area contributed by atoms with Crippen LogP contribution in [0, 0.1) is 6.92 Å². The van der Waals surface area contributed by atoms with Gasteiger partial charge in [-0.05, 0) is 6.42 Å².